The van der Waals surface area contributed by atoms with E-state index in [0.29, 0.717) is 17.7 Å². The molecule has 0 radical (unpaired) electrons. The first kappa shape index (κ1) is 26.6. The van der Waals surface area contributed by atoms with Gasteiger partial charge in [0.05, 0.1) is 0 Å². The maximum atomic E-state index is 11.1. The standard InChI is InChI=1S/C14H27NO.C11H13NO/c1-4-5-6-7-8-9-10-11-12-15-14(16)13(2)3;1-9(2)11(13)12-8-10-6-4-3-5-7-10/h2,4-12H2,1,3H3,(H,15,16);3-7H,1,8H2,2H3,(H,12,13). The van der Waals surface area contributed by atoms with E-state index in [2.05, 4.69) is 30.7 Å². The van der Waals surface area contributed by atoms with E-state index in [-0.39, 0.29) is 11.8 Å². The van der Waals surface area contributed by atoms with Gasteiger partial charge in [-0.3, -0.25) is 9.59 Å². The first-order valence-corrected chi connectivity index (χ1v) is 10.8. The lowest BCUT2D eigenvalue weighted by Gasteiger charge is -2.04. The predicted molar refractivity (Wildman–Crippen MR) is 124 cm³/mol. The molecule has 0 saturated carbocycles. The van der Waals surface area contributed by atoms with Gasteiger partial charge in [0.2, 0.25) is 11.8 Å². The molecule has 2 amide bonds. The molecule has 0 bridgehead atoms. The number of nitrogens with one attached hydrogen (secondary N) is 2. The van der Waals surface area contributed by atoms with Gasteiger partial charge in [-0.05, 0) is 25.8 Å². The molecule has 0 heterocycles. The highest BCUT2D eigenvalue weighted by atomic mass is 16.2. The summed E-state index contributed by atoms with van der Waals surface area (Å²) >= 11 is 0. The Labute approximate surface area is 177 Å². The molecule has 0 atom stereocenters. The van der Waals surface area contributed by atoms with Crippen molar-refractivity contribution in [3.05, 3.63) is 60.2 Å². The minimum Gasteiger partial charge on any atom is -0.352 e. The summed E-state index contributed by atoms with van der Waals surface area (Å²) in [4.78, 5) is 22.2. The lowest BCUT2D eigenvalue weighted by Crippen LogP contribution is -2.24. The molecule has 0 aliphatic carbocycles. The lowest BCUT2D eigenvalue weighted by atomic mass is 10.1. The maximum Gasteiger partial charge on any atom is 0.246 e. The van der Waals surface area contributed by atoms with E-state index < -0.39 is 0 Å². The molecule has 1 aromatic carbocycles. The van der Waals surface area contributed by atoms with E-state index in [1.165, 1.54) is 44.9 Å². The van der Waals surface area contributed by atoms with E-state index in [9.17, 15) is 9.59 Å². The van der Waals surface area contributed by atoms with Gasteiger partial charge in [-0.1, -0.05) is 95.4 Å². The SMILES string of the molecule is C=C(C)C(=O)NCCCCCCCCCC.C=C(C)C(=O)NCc1ccccc1. The molecule has 0 spiro atoms. The molecule has 29 heavy (non-hydrogen) atoms. The van der Waals surface area contributed by atoms with Gasteiger partial charge in [0.15, 0.2) is 0 Å². The lowest BCUT2D eigenvalue weighted by molar-refractivity contribution is -0.118. The van der Waals surface area contributed by atoms with Crippen LogP contribution in [-0.2, 0) is 16.1 Å². The molecule has 0 aromatic heterocycles. The highest BCUT2D eigenvalue weighted by Crippen LogP contribution is 2.07. The Morgan fingerprint density at radius 2 is 1.24 bits per heavy atom. The van der Waals surface area contributed by atoms with Gasteiger partial charge in [-0.15, -0.1) is 0 Å². The van der Waals surface area contributed by atoms with E-state index in [0.717, 1.165) is 18.5 Å². The number of carbonyl (C=O) groups excluding carboxylic acids is 2. The van der Waals surface area contributed by atoms with Crippen LogP contribution in [0.4, 0.5) is 0 Å². The monoisotopic (exact) mass is 400 g/mol. The second-order valence-corrected chi connectivity index (χ2v) is 7.46. The third kappa shape index (κ3) is 16.3. The number of carbonyl (C=O) groups is 2. The van der Waals surface area contributed by atoms with Crippen molar-refractivity contribution in [2.24, 2.45) is 0 Å². The van der Waals surface area contributed by atoms with Crippen LogP contribution >= 0.6 is 0 Å². The topological polar surface area (TPSA) is 58.2 Å². The number of amides is 2. The molecule has 4 nitrogen and oxygen atoms in total. The fourth-order valence-corrected chi connectivity index (χ4v) is 2.54. The number of hydrogen-bond acceptors (Lipinski definition) is 2. The summed E-state index contributed by atoms with van der Waals surface area (Å²) in [6, 6.07) is 9.78. The molecular formula is C25H40N2O2. The molecule has 1 aromatic rings. The van der Waals surface area contributed by atoms with Crippen LogP contribution < -0.4 is 10.6 Å². The number of rotatable bonds is 13. The molecular weight excluding hydrogens is 360 g/mol. The highest BCUT2D eigenvalue weighted by molar-refractivity contribution is 5.92. The third-order valence-electron chi connectivity index (χ3n) is 4.39. The quantitative estimate of drug-likeness (QED) is 0.330. The molecule has 0 saturated heterocycles. The van der Waals surface area contributed by atoms with Crippen molar-refractivity contribution in [3.8, 4) is 0 Å². The van der Waals surface area contributed by atoms with Gasteiger partial charge in [0.25, 0.3) is 0 Å². The average Bonchev–Trinajstić information content (AvgIpc) is 2.71. The van der Waals surface area contributed by atoms with Gasteiger partial charge >= 0.3 is 0 Å². The zero-order valence-electron chi connectivity index (χ0n) is 18.7. The molecule has 162 valence electrons. The van der Waals surface area contributed by atoms with E-state index in [1.807, 2.05) is 30.3 Å². The number of unbranched alkanes of at least 4 members (excludes halogenated alkanes) is 7. The first-order chi connectivity index (χ1) is 13.9. The van der Waals surface area contributed by atoms with Crippen molar-refractivity contribution in [3.63, 3.8) is 0 Å². The van der Waals surface area contributed by atoms with Gasteiger partial charge in [-0.2, -0.15) is 0 Å². The number of hydrogen-bond donors (Lipinski definition) is 2. The predicted octanol–water partition coefficient (Wildman–Crippen LogP) is 5.70. The van der Waals surface area contributed by atoms with Gasteiger partial charge in [-0.25, -0.2) is 0 Å². The van der Waals surface area contributed by atoms with Crippen LogP contribution in [0.25, 0.3) is 0 Å². The Kier molecular flexibility index (Phi) is 16.3. The van der Waals surface area contributed by atoms with Crippen LogP contribution in [0, 0.1) is 0 Å². The molecule has 0 aliphatic rings. The van der Waals surface area contributed by atoms with Crippen molar-refractivity contribution in [2.75, 3.05) is 6.54 Å². The fraction of sp³-hybridized carbons (Fsp3) is 0.520. The van der Waals surface area contributed by atoms with E-state index >= 15 is 0 Å². The minimum absolute atomic E-state index is 0.0112. The molecule has 1 rings (SSSR count). The smallest absolute Gasteiger partial charge is 0.246 e. The summed E-state index contributed by atoms with van der Waals surface area (Å²) in [6.45, 7) is 14.2. The maximum absolute atomic E-state index is 11.1. The summed E-state index contributed by atoms with van der Waals surface area (Å²) in [5.41, 5.74) is 2.23. The Hall–Kier alpha value is -2.36. The van der Waals surface area contributed by atoms with Crippen LogP contribution in [-0.4, -0.2) is 18.4 Å². The average molecular weight is 401 g/mol. The molecule has 2 N–H and O–H groups in total. The summed E-state index contributed by atoms with van der Waals surface area (Å²) in [6.07, 6.45) is 10.4. The number of benzene rings is 1. The second kappa shape index (κ2) is 17.7. The molecule has 0 fully saturated rings. The summed E-state index contributed by atoms with van der Waals surface area (Å²) in [7, 11) is 0. The summed E-state index contributed by atoms with van der Waals surface area (Å²) < 4.78 is 0. The van der Waals surface area contributed by atoms with Crippen molar-refractivity contribution >= 4 is 11.8 Å². The highest BCUT2D eigenvalue weighted by Gasteiger charge is 2.00. The van der Waals surface area contributed by atoms with Crippen molar-refractivity contribution in [2.45, 2.75) is 78.7 Å². The van der Waals surface area contributed by atoms with Crippen LogP contribution in [0.1, 0.15) is 77.7 Å². The van der Waals surface area contributed by atoms with Crippen LogP contribution in [0.5, 0.6) is 0 Å². The van der Waals surface area contributed by atoms with Gasteiger partial charge < -0.3 is 10.6 Å². The Morgan fingerprint density at radius 1 is 0.759 bits per heavy atom. The van der Waals surface area contributed by atoms with E-state index in [1.54, 1.807) is 13.8 Å². The van der Waals surface area contributed by atoms with Gasteiger partial charge in [0, 0.05) is 24.2 Å². The van der Waals surface area contributed by atoms with E-state index in [4.69, 9.17) is 0 Å². The molecule has 4 heteroatoms. The summed E-state index contributed by atoms with van der Waals surface area (Å²) in [5, 5.41) is 5.61. The van der Waals surface area contributed by atoms with Crippen LogP contribution in [0.15, 0.2) is 54.6 Å². The zero-order chi connectivity index (χ0) is 21.9. The van der Waals surface area contributed by atoms with Crippen molar-refractivity contribution in [1.82, 2.24) is 10.6 Å². The Morgan fingerprint density at radius 3 is 1.76 bits per heavy atom. The van der Waals surface area contributed by atoms with Crippen molar-refractivity contribution in [1.29, 1.82) is 0 Å². The fourth-order valence-electron chi connectivity index (χ4n) is 2.54. The molecule has 0 aliphatic heterocycles. The van der Waals surface area contributed by atoms with Crippen LogP contribution in [0.2, 0.25) is 0 Å². The third-order valence-corrected chi connectivity index (χ3v) is 4.39. The largest absolute Gasteiger partial charge is 0.352 e. The normalized spacial score (nSPS) is 9.76. The zero-order valence-corrected chi connectivity index (χ0v) is 18.7. The second-order valence-electron chi connectivity index (χ2n) is 7.46. The first-order valence-electron chi connectivity index (χ1n) is 10.8. The Balaban J connectivity index is 0.000000551. The molecule has 0 unspecified atom stereocenters. The summed E-state index contributed by atoms with van der Waals surface area (Å²) in [5.74, 6) is -0.105. The van der Waals surface area contributed by atoms with Crippen LogP contribution in [0.3, 0.4) is 0 Å². The van der Waals surface area contributed by atoms with Crippen molar-refractivity contribution < 1.29 is 9.59 Å². The Bertz CT molecular complexity index is 609. The minimum atomic E-state index is -0.0937. The van der Waals surface area contributed by atoms with Gasteiger partial charge in [0.1, 0.15) is 0 Å².